The van der Waals surface area contributed by atoms with Crippen molar-refractivity contribution in [2.75, 3.05) is 30.4 Å². The van der Waals surface area contributed by atoms with Crippen LogP contribution in [0, 0.1) is 23.2 Å². The number of methoxy groups -OCH3 is 1. The number of hydrogen-bond donors (Lipinski definition) is 2. The predicted octanol–water partition coefficient (Wildman–Crippen LogP) is 4.24. The third-order valence-electron chi connectivity index (χ3n) is 6.53. The number of benzene rings is 1. The molecule has 2 atom stereocenters. The molecule has 0 bridgehead atoms. The van der Waals surface area contributed by atoms with Crippen LogP contribution in [-0.2, 0) is 4.74 Å². The van der Waals surface area contributed by atoms with Crippen LogP contribution in [0.4, 0.5) is 17.2 Å². The maximum Gasteiger partial charge on any atom is 0.356 e. The molecule has 0 spiro atoms. The van der Waals surface area contributed by atoms with Crippen LogP contribution in [0.15, 0.2) is 36.4 Å². The van der Waals surface area contributed by atoms with Crippen molar-refractivity contribution >= 4 is 28.9 Å². The van der Waals surface area contributed by atoms with Gasteiger partial charge in [0.1, 0.15) is 5.82 Å². The molecule has 29 heavy (non-hydrogen) atoms. The highest BCUT2D eigenvalue weighted by atomic mass is 16.5. The number of nitrogens with one attached hydrogen (secondary N) is 2. The van der Waals surface area contributed by atoms with Crippen molar-refractivity contribution < 1.29 is 9.53 Å². The minimum absolute atomic E-state index is 0.271. The average Bonchev–Trinajstić information content (AvgIpc) is 3.31. The molecule has 2 unspecified atom stereocenters. The van der Waals surface area contributed by atoms with Gasteiger partial charge in [-0.2, -0.15) is 0 Å². The molecule has 1 aromatic heterocycles. The van der Waals surface area contributed by atoms with Gasteiger partial charge in [-0.05, 0) is 49.3 Å². The number of pyridine rings is 1. The van der Waals surface area contributed by atoms with Crippen LogP contribution in [0.1, 0.15) is 41.7 Å². The van der Waals surface area contributed by atoms with E-state index in [2.05, 4.69) is 15.2 Å². The summed E-state index contributed by atoms with van der Waals surface area (Å²) in [5.41, 5.74) is 3.59. The number of esters is 1. The summed E-state index contributed by atoms with van der Waals surface area (Å²) in [6, 6.07) is 11.6. The number of para-hydroxylation sites is 1. The first kappa shape index (κ1) is 18.2. The van der Waals surface area contributed by atoms with E-state index in [1.54, 1.807) is 0 Å². The van der Waals surface area contributed by atoms with Crippen LogP contribution >= 0.6 is 0 Å². The minimum atomic E-state index is -0.451. The van der Waals surface area contributed by atoms with Crippen molar-refractivity contribution in [1.82, 2.24) is 4.98 Å². The molecule has 3 fully saturated rings. The monoisotopic (exact) mass is 390 g/mol. The van der Waals surface area contributed by atoms with E-state index >= 15 is 0 Å². The normalized spacial score (nSPS) is 22.6. The first-order valence-corrected chi connectivity index (χ1v) is 10.4. The second-order valence-corrected chi connectivity index (χ2v) is 8.44. The summed E-state index contributed by atoms with van der Waals surface area (Å²) < 4.78 is 4.97. The number of anilines is 3. The zero-order valence-electron chi connectivity index (χ0n) is 16.6. The summed E-state index contributed by atoms with van der Waals surface area (Å²) in [6.07, 6.45) is 4.57. The van der Waals surface area contributed by atoms with Crippen LogP contribution in [0.2, 0.25) is 0 Å². The fourth-order valence-corrected chi connectivity index (χ4v) is 4.50. The molecule has 2 saturated carbocycles. The Labute approximate surface area is 170 Å². The predicted molar refractivity (Wildman–Crippen MR) is 113 cm³/mol. The topological polar surface area (TPSA) is 78.3 Å². The van der Waals surface area contributed by atoms with Gasteiger partial charge in [-0.15, -0.1) is 0 Å². The molecule has 2 heterocycles. The summed E-state index contributed by atoms with van der Waals surface area (Å²) in [7, 11) is 1.38. The number of carbonyl (C=O) groups excluding carboxylic acids is 1. The molecule has 2 aromatic rings. The molecule has 1 saturated heterocycles. The van der Waals surface area contributed by atoms with Gasteiger partial charge in [0.05, 0.1) is 18.4 Å². The van der Waals surface area contributed by atoms with E-state index in [4.69, 9.17) is 10.1 Å². The summed E-state index contributed by atoms with van der Waals surface area (Å²) in [5.74, 6) is 1.90. The van der Waals surface area contributed by atoms with Crippen LogP contribution in [0.5, 0.6) is 0 Å². The van der Waals surface area contributed by atoms with Crippen molar-refractivity contribution in [1.29, 1.82) is 5.41 Å². The number of carbonyl (C=O) groups is 1. The van der Waals surface area contributed by atoms with E-state index < -0.39 is 5.97 Å². The van der Waals surface area contributed by atoms with E-state index in [-0.39, 0.29) is 11.6 Å². The standard InChI is InChI=1S/C23H26N4O2/c1-29-23(28)18-11-19(27-12-15-10-16(15)13-27)20(21(24)14-6-5-7-14)22(26-18)25-17-8-3-2-4-9-17/h2-4,8-9,11,14-16,24H,5-7,10,12-13H2,1H3,(H,25,26). The zero-order valence-corrected chi connectivity index (χ0v) is 16.6. The van der Waals surface area contributed by atoms with Crippen molar-refractivity contribution in [2.45, 2.75) is 25.7 Å². The lowest BCUT2D eigenvalue weighted by atomic mass is 9.79. The summed E-state index contributed by atoms with van der Waals surface area (Å²) in [5, 5.41) is 12.3. The molecule has 3 aliphatic rings. The molecule has 150 valence electrons. The van der Waals surface area contributed by atoms with E-state index in [1.807, 2.05) is 36.4 Å². The Morgan fingerprint density at radius 3 is 2.55 bits per heavy atom. The molecule has 6 nitrogen and oxygen atoms in total. The number of fused-ring (bicyclic) bond motifs is 1. The number of nitrogens with zero attached hydrogens (tertiary/aromatic N) is 2. The lowest BCUT2D eigenvalue weighted by molar-refractivity contribution is 0.0594. The van der Waals surface area contributed by atoms with Crippen molar-refractivity contribution in [3.63, 3.8) is 0 Å². The summed E-state index contributed by atoms with van der Waals surface area (Å²) in [6.45, 7) is 1.98. The fourth-order valence-electron chi connectivity index (χ4n) is 4.50. The third-order valence-corrected chi connectivity index (χ3v) is 6.53. The average molecular weight is 390 g/mol. The fraction of sp³-hybridized carbons (Fsp3) is 0.435. The second-order valence-electron chi connectivity index (χ2n) is 8.44. The van der Waals surface area contributed by atoms with Gasteiger partial charge >= 0.3 is 5.97 Å². The van der Waals surface area contributed by atoms with E-state index in [0.29, 0.717) is 11.5 Å². The summed E-state index contributed by atoms with van der Waals surface area (Å²) >= 11 is 0. The largest absolute Gasteiger partial charge is 0.464 e. The highest BCUT2D eigenvalue weighted by Crippen LogP contribution is 2.48. The number of piperidine rings is 1. The number of rotatable bonds is 6. The Balaban J connectivity index is 1.62. The van der Waals surface area contributed by atoms with Crippen molar-refractivity contribution in [3.8, 4) is 0 Å². The number of aromatic nitrogens is 1. The quantitative estimate of drug-likeness (QED) is 0.570. The van der Waals surface area contributed by atoms with E-state index in [9.17, 15) is 4.79 Å². The molecular formula is C23H26N4O2. The van der Waals surface area contributed by atoms with Gasteiger partial charge in [-0.3, -0.25) is 0 Å². The Bertz CT molecular complexity index is 945. The highest BCUT2D eigenvalue weighted by Gasteiger charge is 2.46. The van der Waals surface area contributed by atoms with Gasteiger partial charge in [0.15, 0.2) is 5.69 Å². The molecular weight excluding hydrogens is 364 g/mol. The smallest absolute Gasteiger partial charge is 0.356 e. The molecule has 6 heteroatoms. The van der Waals surface area contributed by atoms with Crippen LogP contribution < -0.4 is 10.2 Å². The van der Waals surface area contributed by atoms with E-state index in [0.717, 1.165) is 54.7 Å². The SMILES string of the molecule is COC(=O)c1cc(N2CC3CC3C2)c(C(=N)C2CCC2)c(Nc2ccccc2)n1. The Kier molecular flexibility index (Phi) is 4.49. The Morgan fingerprint density at radius 1 is 1.21 bits per heavy atom. The van der Waals surface area contributed by atoms with Gasteiger partial charge in [0, 0.05) is 30.4 Å². The molecule has 5 rings (SSSR count). The lowest BCUT2D eigenvalue weighted by Crippen LogP contribution is -2.29. The minimum Gasteiger partial charge on any atom is -0.464 e. The van der Waals surface area contributed by atoms with Crippen LogP contribution in [0.3, 0.4) is 0 Å². The van der Waals surface area contributed by atoms with Crippen LogP contribution in [0.25, 0.3) is 0 Å². The van der Waals surface area contributed by atoms with Gasteiger partial charge in [-0.1, -0.05) is 24.6 Å². The molecule has 0 amide bonds. The molecule has 1 aliphatic heterocycles. The third kappa shape index (κ3) is 3.37. The Morgan fingerprint density at radius 2 is 1.93 bits per heavy atom. The van der Waals surface area contributed by atoms with E-state index in [1.165, 1.54) is 20.0 Å². The Hall–Kier alpha value is -2.89. The van der Waals surface area contributed by atoms with Crippen molar-refractivity contribution in [3.05, 3.63) is 47.7 Å². The molecule has 1 aromatic carbocycles. The molecule has 0 radical (unpaired) electrons. The maximum absolute atomic E-state index is 12.4. The second kappa shape index (κ2) is 7.17. The molecule has 2 N–H and O–H groups in total. The summed E-state index contributed by atoms with van der Waals surface area (Å²) in [4.78, 5) is 19.3. The first-order chi connectivity index (χ1) is 14.1. The lowest BCUT2D eigenvalue weighted by Gasteiger charge is -2.31. The number of ether oxygens (including phenoxy) is 1. The molecule has 2 aliphatic carbocycles. The maximum atomic E-state index is 12.4. The number of hydrogen-bond acceptors (Lipinski definition) is 6. The zero-order chi connectivity index (χ0) is 20.0. The highest BCUT2D eigenvalue weighted by molar-refractivity contribution is 6.10. The van der Waals surface area contributed by atoms with Crippen LogP contribution in [-0.4, -0.2) is 36.9 Å². The van der Waals surface area contributed by atoms with Gasteiger partial charge < -0.3 is 20.4 Å². The van der Waals surface area contributed by atoms with Gasteiger partial charge in [0.2, 0.25) is 0 Å². The van der Waals surface area contributed by atoms with Crippen molar-refractivity contribution in [2.24, 2.45) is 17.8 Å². The first-order valence-electron chi connectivity index (χ1n) is 10.4. The van der Waals surface area contributed by atoms with Gasteiger partial charge in [-0.25, -0.2) is 9.78 Å². The van der Waals surface area contributed by atoms with Gasteiger partial charge in [0.25, 0.3) is 0 Å².